The van der Waals surface area contributed by atoms with Crippen LogP contribution in [0.1, 0.15) is 109 Å². The molecule has 2 aromatic carbocycles. The Balaban J connectivity index is 1.28. The number of nitrogens with one attached hydrogen (secondary N) is 4. The first kappa shape index (κ1) is 45.8. The summed E-state index contributed by atoms with van der Waals surface area (Å²) >= 11 is 0. The zero-order chi connectivity index (χ0) is 43.2. The van der Waals surface area contributed by atoms with Crippen LogP contribution in [0.2, 0.25) is 0 Å². The molecular weight excluding hydrogens is 771 g/mol. The molecule has 15 heteroatoms. The lowest BCUT2D eigenvalue weighted by Gasteiger charge is -2.35. The molecular formula is C45H61N5O10. The molecule has 1 saturated carbocycles. The average Bonchev–Trinajstić information content (AvgIpc) is 3.66. The number of Topliss-reactive ketones (excluding diaryl/α,β-unsaturated/α-hetero) is 1. The van der Waals surface area contributed by atoms with Crippen molar-refractivity contribution in [3.8, 4) is 5.75 Å². The number of amides is 5. The molecule has 2 aromatic rings. The zero-order valence-corrected chi connectivity index (χ0v) is 35.3. The Bertz CT molecular complexity index is 1830. The molecule has 326 valence electrons. The molecule has 60 heavy (non-hydrogen) atoms. The van der Waals surface area contributed by atoms with Crippen molar-refractivity contribution in [1.82, 2.24) is 26.2 Å². The molecule has 4 N–H and O–H groups in total. The molecule has 0 radical (unpaired) electrons. The highest BCUT2D eigenvalue weighted by Crippen LogP contribution is 2.31. The standard InChI is InChI=1S/C45H61N5O10/c1-5-15-34(40(53)42(55)46-27-37(52)49-39(31-19-10-7-11-20-31)44(57)60-45(2,3)4)47-41(54)35-26-33-28-50(35)43(56)38(30-17-8-6-9-18-30)48-36(51)25-29-16-14-21-32(24-29)58-22-12-13-23-59-33/h7,10-11,14,16,19-21,24,30,33-35,38-39H,5-6,8-9,12-13,15,17-18,22-23,25-28H2,1-4H3,(H,46,55)(H,47,54)(H,48,51)(H,49,52)/t33-,34?,35+,38-,39+/m1/s1. The highest BCUT2D eigenvalue weighted by Gasteiger charge is 2.45. The third kappa shape index (κ3) is 13.4. The highest BCUT2D eigenvalue weighted by molar-refractivity contribution is 6.38. The van der Waals surface area contributed by atoms with Gasteiger partial charge in [-0.2, -0.15) is 0 Å². The van der Waals surface area contributed by atoms with E-state index in [1.807, 2.05) is 24.3 Å². The molecule has 1 unspecified atom stereocenters. The lowest BCUT2D eigenvalue weighted by molar-refractivity contribution is -0.158. The van der Waals surface area contributed by atoms with Gasteiger partial charge in [0.25, 0.3) is 5.91 Å². The Hall–Kier alpha value is -5.31. The number of fused-ring (bicyclic) bond motifs is 4. The van der Waals surface area contributed by atoms with E-state index in [-0.39, 0.29) is 43.5 Å². The Morgan fingerprint density at radius 2 is 1.65 bits per heavy atom. The second-order valence-electron chi connectivity index (χ2n) is 16.9. The molecule has 1 saturated heterocycles. The number of esters is 1. The van der Waals surface area contributed by atoms with Crippen molar-refractivity contribution in [1.29, 1.82) is 0 Å². The molecule has 2 fully saturated rings. The smallest absolute Gasteiger partial charge is 0.333 e. The van der Waals surface area contributed by atoms with Crippen LogP contribution in [-0.2, 0) is 49.5 Å². The van der Waals surface area contributed by atoms with Gasteiger partial charge in [-0.05, 0) is 82.1 Å². The van der Waals surface area contributed by atoms with Gasteiger partial charge in [-0.1, -0.05) is 75.1 Å². The van der Waals surface area contributed by atoms with Gasteiger partial charge in [0.05, 0.1) is 31.7 Å². The van der Waals surface area contributed by atoms with Gasteiger partial charge >= 0.3 is 5.97 Å². The van der Waals surface area contributed by atoms with Crippen LogP contribution in [0.15, 0.2) is 54.6 Å². The fourth-order valence-corrected chi connectivity index (χ4v) is 7.96. The number of benzene rings is 2. The molecule has 3 aliphatic rings. The molecule has 0 spiro atoms. The van der Waals surface area contributed by atoms with Crippen LogP contribution in [0.3, 0.4) is 0 Å². The molecule has 5 rings (SSSR count). The number of carbonyl (C=O) groups excluding carboxylic acids is 7. The quantitative estimate of drug-likeness (QED) is 0.181. The van der Waals surface area contributed by atoms with E-state index in [4.69, 9.17) is 14.2 Å². The van der Waals surface area contributed by atoms with Crippen molar-refractivity contribution in [3.05, 3.63) is 65.7 Å². The summed E-state index contributed by atoms with van der Waals surface area (Å²) in [7, 11) is 0. The van der Waals surface area contributed by atoms with Gasteiger partial charge in [-0.25, -0.2) is 4.79 Å². The number of nitrogens with zero attached hydrogens (tertiary/aromatic N) is 1. The van der Waals surface area contributed by atoms with Gasteiger partial charge in [0.1, 0.15) is 23.4 Å². The lowest BCUT2D eigenvalue weighted by atomic mass is 9.83. The van der Waals surface area contributed by atoms with Crippen LogP contribution in [0.4, 0.5) is 0 Å². The number of ketones is 1. The molecule has 15 nitrogen and oxygen atoms in total. The maximum absolute atomic E-state index is 14.6. The SMILES string of the molecule is CCCC(NC(=O)[C@@H]1C[C@@H]2CN1C(=O)[C@@H](C1CCCCC1)NC(=O)Cc1cccc(c1)OCCCCO2)C(=O)C(=O)NCC(=O)N[C@H](C(=O)OC(C)(C)C)c1ccccc1. The van der Waals surface area contributed by atoms with E-state index < -0.39 is 71.9 Å². The topological polar surface area (TPSA) is 199 Å². The number of carbonyl (C=O) groups is 7. The van der Waals surface area contributed by atoms with Crippen molar-refractivity contribution >= 4 is 41.3 Å². The van der Waals surface area contributed by atoms with Crippen molar-refractivity contribution in [2.24, 2.45) is 5.92 Å². The fraction of sp³-hybridized carbons (Fsp3) is 0.578. The van der Waals surface area contributed by atoms with Crippen molar-refractivity contribution in [2.45, 2.75) is 134 Å². The Kier molecular flexibility index (Phi) is 16.6. The van der Waals surface area contributed by atoms with Gasteiger partial charge in [-0.15, -0.1) is 0 Å². The predicted octanol–water partition coefficient (Wildman–Crippen LogP) is 3.62. The lowest BCUT2D eigenvalue weighted by Crippen LogP contribution is -2.58. The molecule has 2 heterocycles. The summed E-state index contributed by atoms with van der Waals surface area (Å²) in [4.78, 5) is 96.7. The first-order valence-corrected chi connectivity index (χ1v) is 21.3. The Morgan fingerprint density at radius 3 is 2.37 bits per heavy atom. The van der Waals surface area contributed by atoms with Gasteiger partial charge in [-0.3, -0.25) is 28.8 Å². The minimum atomic E-state index is -1.25. The summed E-state index contributed by atoms with van der Waals surface area (Å²) in [6.07, 6.45) is 6.02. The van der Waals surface area contributed by atoms with Crippen LogP contribution < -0.4 is 26.0 Å². The average molecular weight is 832 g/mol. The monoisotopic (exact) mass is 831 g/mol. The Morgan fingerprint density at radius 1 is 0.917 bits per heavy atom. The number of hydrogen-bond acceptors (Lipinski definition) is 10. The number of rotatable bonds is 12. The minimum absolute atomic E-state index is 0.0469. The predicted molar refractivity (Wildman–Crippen MR) is 221 cm³/mol. The maximum Gasteiger partial charge on any atom is 0.333 e. The molecule has 5 atom stereocenters. The van der Waals surface area contributed by atoms with Crippen LogP contribution in [-0.4, -0.2) is 102 Å². The van der Waals surface area contributed by atoms with E-state index >= 15 is 0 Å². The molecule has 5 amide bonds. The zero-order valence-electron chi connectivity index (χ0n) is 35.3. The van der Waals surface area contributed by atoms with Gasteiger partial charge in [0.15, 0.2) is 6.04 Å². The molecule has 4 bridgehead atoms. The van der Waals surface area contributed by atoms with Crippen molar-refractivity contribution in [2.75, 3.05) is 26.3 Å². The van der Waals surface area contributed by atoms with E-state index in [1.54, 1.807) is 58.0 Å². The summed E-state index contributed by atoms with van der Waals surface area (Å²) in [5, 5.41) is 10.7. The second-order valence-corrected chi connectivity index (χ2v) is 16.9. The van der Waals surface area contributed by atoms with Crippen molar-refractivity contribution < 1.29 is 47.8 Å². The first-order chi connectivity index (χ1) is 28.7. The molecule has 0 aromatic heterocycles. The van der Waals surface area contributed by atoms with E-state index in [2.05, 4.69) is 21.3 Å². The van der Waals surface area contributed by atoms with E-state index in [0.717, 1.165) is 37.7 Å². The largest absolute Gasteiger partial charge is 0.494 e. The van der Waals surface area contributed by atoms with Crippen LogP contribution in [0.5, 0.6) is 5.75 Å². The van der Waals surface area contributed by atoms with Gasteiger partial charge < -0.3 is 40.4 Å². The van der Waals surface area contributed by atoms with Crippen LogP contribution >= 0.6 is 0 Å². The third-order valence-electron chi connectivity index (χ3n) is 10.9. The summed E-state index contributed by atoms with van der Waals surface area (Å²) in [5.74, 6) is -4.28. The van der Waals surface area contributed by atoms with Gasteiger partial charge in [0, 0.05) is 19.6 Å². The van der Waals surface area contributed by atoms with Crippen molar-refractivity contribution in [3.63, 3.8) is 0 Å². The first-order valence-electron chi connectivity index (χ1n) is 21.3. The van der Waals surface area contributed by atoms with Crippen LogP contribution in [0, 0.1) is 5.92 Å². The number of hydrogen-bond donors (Lipinski definition) is 4. The summed E-state index contributed by atoms with van der Waals surface area (Å²) < 4.78 is 17.6. The molecule has 1 aliphatic carbocycles. The summed E-state index contributed by atoms with van der Waals surface area (Å²) in [6.45, 7) is 7.22. The minimum Gasteiger partial charge on any atom is -0.494 e. The maximum atomic E-state index is 14.6. The summed E-state index contributed by atoms with van der Waals surface area (Å²) in [6, 6.07) is 11.5. The van der Waals surface area contributed by atoms with E-state index in [9.17, 15) is 33.6 Å². The van der Waals surface area contributed by atoms with E-state index in [0.29, 0.717) is 43.8 Å². The third-order valence-corrected chi connectivity index (χ3v) is 10.9. The second kappa shape index (κ2) is 21.8. The van der Waals surface area contributed by atoms with Crippen LogP contribution in [0.25, 0.3) is 0 Å². The normalized spacial score (nSPS) is 21.6. The van der Waals surface area contributed by atoms with E-state index in [1.165, 1.54) is 4.90 Å². The fourth-order valence-electron chi connectivity index (χ4n) is 7.96. The van der Waals surface area contributed by atoms with Gasteiger partial charge in [0.2, 0.25) is 29.4 Å². The molecule has 2 aliphatic heterocycles. The highest BCUT2D eigenvalue weighted by atomic mass is 16.6. The Labute approximate surface area is 352 Å². The number of ether oxygens (including phenoxy) is 3. The summed E-state index contributed by atoms with van der Waals surface area (Å²) in [5.41, 5.74) is 0.393.